The van der Waals surface area contributed by atoms with E-state index in [4.69, 9.17) is 9.47 Å². The summed E-state index contributed by atoms with van der Waals surface area (Å²) < 4.78 is 11.7. The van der Waals surface area contributed by atoms with E-state index < -0.39 is 5.97 Å². The van der Waals surface area contributed by atoms with Gasteiger partial charge in [-0.25, -0.2) is 9.78 Å². The Morgan fingerprint density at radius 2 is 1.81 bits per heavy atom. The fraction of sp³-hybridized carbons (Fsp3) is 0.167. The molecule has 8 nitrogen and oxygen atoms in total. The summed E-state index contributed by atoms with van der Waals surface area (Å²) in [6.07, 6.45) is 1.49. The lowest BCUT2D eigenvalue weighted by Gasteiger charge is -2.11. The predicted octanol–water partition coefficient (Wildman–Crippen LogP) is 3.79. The van der Waals surface area contributed by atoms with Gasteiger partial charge in [0.2, 0.25) is 5.91 Å². The Morgan fingerprint density at radius 3 is 2.56 bits per heavy atom. The lowest BCUT2D eigenvalue weighted by Crippen LogP contribution is -2.20. The number of para-hydroxylation sites is 1. The number of carbonyl (C=O) groups is 2. The summed E-state index contributed by atoms with van der Waals surface area (Å²) in [4.78, 5) is 29.9. The molecule has 0 radical (unpaired) electrons. The maximum Gasteiger partial charge on any atom is 0.343 e. The molecule has 0 spiro atoms. The molecule has 2 aromatic heterocycles. The van der Waals surface area contributed by atoms with Crippen molar-refractivity contribution in [3.63, 3.8) is 0 Å². The van der Waals surface area contributed by atoms with Crippen LogP contribution in [-0.2, 0) is 16.0 Å². The van der Waals surface area contributed by atoms with Crippen molar-refractivity contribution in [2.24, 2.45) is 0 Å². The van der Waals surface area contributed by atoms with Crippen molar-refractivity contribution in [3.05, 3.63) is 78.0 Å². The minimum atomic E-state index is -0.570. The topological polar surface area (TPSA) is 95.3 Å². The number of fused-ring (bicyclic) bond motifs is 1. The summed E-state index contributed by atoms with van der Waals surface area (Å²) in [7, 11) is 1.58. The molecule has 162 valence electrons. The molecule has 2 aromatic carbocycles. The fourth-order valence-corrected chi connectivity index (χ4v) is 3.28. The number of carbonyl (C=O) groups excluding carboxylic acids is 2. The third-order valence-corrected chi connectivity index (χ3v) is 4.85. The zero-order valence-electron chi connectivity index (χ0n) is 17.7. The highest BCUT2D eigenvalue weighted by molar-refractivity contribution is 6.01. The van der Waals surface area contributed by atoms with E-state index in [2.05, 4.69) is 15.4 Å². The van der Waals surface area contributed by atoms with Crippen LogP contribution in [0.2, 0.25) is 0 Å². The maximum atomic E-state index is 12.8. The largest absolute Gasteiger partial charge is 0.497 e. The summed E-state index contributed by atoms with van der Waals surface area (Å²) in [6.45, 7) is 1.92. The summed E-state index contributed by atoms with van der Waals surface area (Å²) in [6, 6.07) is 18.6. The van der Waals surface area contributed by atoms with Gasteiger partial charge in [-0.3, -0.25) is 4.79 Å². The third kappa shape index (κ3) is 4.44. The highest BCUT2D eigenvalue weighted by Crippen LogP contribution is 2.23. The molecule has 32 heavy (non-hydrogen) atoms. The number of benzene rings is 2. The van der Waals surface area contributed by atoms with E-state index in [0.29, 0.717) is 11.6 Å². The molecule has 1 amide bonds. The second kappa shape index (κ2) is 9.30. The lowest BCUT2D eigenvalue weighted by atomic mass is 10.1. The van der Waals surface area contributed by atoms with Crippen molar-refractivity contribution in [3.8, 4) is 11.6 Å². The lowest BCUT2D eigenvalue weighted by molar-refractivity contribution is -0.115. The normalized spacial score (nSPS) is 10.7. The number of hydrogen-bond acceptors (Lipinski definition) is 6. The molecule has 0 fully saturated rings. The first-order valence-electron chi connectivity index (χ1n) is 10.1. The first-order chi connectivity index (χ1) is 15.6. The van der Waals surface area contributed by atoms with Crippen LogP contribution in [0.15, 0.2) is 66.9 Å². The zero-order valence-corrected chi connectivity index (χ0v) is 17.7. The number of amides is 1. The molecule has 0 aliphatic heterocycles. The van der Waals surface area contributed by atoms with E-state index in [9.17, 15) is 9.59 Å². The first kappa shape index (κ1) is 21.0. The molecule has 0 saturated heterocycles. The minimum absolute atomic E-state index is 0.114. The fourth-order valence-electron chi connectivity index (χ4n) is 3.28. The van der Waals surface area contributed by atoms with Gasteiger partial charge in [0.15, 0.2) is 11.6 Å². The Labute approximate surface area is 184 Å². The van der Waals surface area contributed by atoms with Gasteiger partial charge in [-0.05, 0) is 42.8 Å². The van der Waals surface area contributed by atoms with Gasteiger partial charge in [0.25, 0.3) is 0 Å². The number of aromatic nitrogens is 3. The highest BCUT2D eigenvalue weighted by atomic mass is 16.5. The second-order valence-electron chi connectivity index (χ2n) is 6.97. The summed E-state index contributed by atoms with van der Waals surface area (Å²) in [5.41, 5.74) is 1.73. The SMILES string of the molecule is CCOC(=O)c1cnn(-c2ccc3ccccc3n2)c1NC(=O)Cc1ccc(OC)cc1. The zero-order chi connectivity index (χ0) is 22.5. The average Bonchev–Trinajstić information content (AvgIpc) is 3.22. The first-order valence-corrected chi connectivity index (χ1v) is 10.1. The van der Waals surface area contributed by atoms with Crippen LogP contribution in [0.1, 0.15) is 22.8 Å². The molecule has 8 heteroatoms. The van der Waals surface area contributed by atoms with Crippen molar-refractivity contribution >= 4 is 28.6 Å². The molecule has 0 bridgehead atoms. The van der Waals surface area contributed by atoms with E-state index in [0.717, 1.165) is 16.5 Å². The monoisotopic (exact) mass is 430 g/mol. The number of rotatable bonds is 7. The van der Waals surface area contributed by atoms with Crippen LogP contribution in [-0.4, -0.2) is 40.4 Å². The number of pyridine rings is 1. The van der Waals surface area contributed by atoms with E-state index in [-0.39, 0.29) is 30.3 Å². The van der Waals surface area contributed by atoms with Gasteiger partial charge in [0.05, 0.1) is 31.9 Å². The molecular formula is C24H22N4O4. The van der Waals surface area contributed by atoms with Gasteiger partial charge < -0.3 is 14.8 Å². The van der Waals surface area contributed by atoms with Crippen LogP contribution < -0.4 is 10.1 Å². The van der Waals surface area contributed by atoms with E-state index in [1.165, 1.54) is 10.9 Å². The number of esters is 1. The number of anilines is 1. The molecule has 1 N–H and O–H groups in total. The number of methoxy groups -OCH3 is 1. The Morgan fingerprint density at radius 1 is 1.03 bits per heavy atom. The van der Waals surface area contributed by atoms with Crippen LogP contribution in [0, 0.1) is 0 Å². The van der Waals surface area contributed by atoms with E-state index >= 15 is 0 Å². The van der Waals surface area contributed by atoms with Gasteiger partial charge in [0, 0.05) is 5.39 Å². The number of hydrogen-bond donors (Lipinski definition) is 1. The maximum absolute atomic E-state index is 12.8. The highest BCUT2D eigenvalue weighted by Gasteiger charge is 2.22. The quantitative estimate of drug-likeness (QED) is 0.448. The molecule has 4 aromatic rings. The molecule has 0 saturated carbocycles. The van der Waals surface area contributed by atoms with Crippen molar-refractivity contribution in [2.75, 3.05) is 19.0 Å². The molecule has 0 unspecified atom stereocenters. The molecule has 4 rings (SSSR count). The molecular weight excluding hydrogens is 408 g/mol. The van der Waals surface area contributed by atoms with Crippen LogP contribution in [0.3, 0.4) is 0 Å². The Kier molecular flexibility index (Phi) is 6.12. The Bertz CT molecular complexity index is 1260. The molecule has 0 aliphatic carbocycles. The van der Waals surface area contributed by atoms with Gasteiger partial charge in [-0.15, -0.1) is 0 Å². The summed E-state index contributed by atoms with van der Waals surface area (Å²) >= 11 is 0. The van der Waals surface area contributed by atoms with Gasteiger partial charge >= 0.3 is 5.97 Å². The van der Waals surface area contributed by atoms with Gasteiger partial charge in [0.1, 0.15) is 11.3 Å². The minimum Gasteiger partial charge on any atom is -0.497 e. The number of nitrogens with one attached hydrogen (secondary N) is 1. The Balaban J connectivity index is 1.66. The number of ether oxygens (including phenoxy) is 2. The van der Waals surface area contributed by atoms with Gasteiger partial charge in [-0.2, -0.15) is 9.78 Å². The summed E-state index contributed by atoms with van der Waals surface area (Å²) in [5.74, 6) is 0.519. The average molecular weight is 430 g/mol. The smallest absolute Gasteiger partial charge is 0.343 e. The van der Waals surface area contributed by atoms with Gasteiger partial charge in [-0.1, -0.05) is 30.3 Å². The van der Waals surface area contributed by atoms with E-state index in [1.54, 1.807) is 32.2 Å². The van der Waals surface area contributed by atoms with Crippen molar-refractivity contribution in [1.29, 1.82) is 0 Å². The van der Waals surface area contributed by atoms with Crippen molar-refractivity contribution in [1.82, 2.24) is 14.8 Å². The van der Waals surface area contributed by atoms with Crippen LogP contribution >= 0.6 is 0 Å². The predicted molar refractivity (Wildman–Crippen MR) is 120 cm³/mol. The molecule has 0 aliphatic rings. The standard InChI is InChI=1S/C24H22N4O4/c1-3-32-24(30)19-15-25-28(21-13-10-17-6-4-5-7-20(17)26-21)23(19)27-22(29)14-16-8-11-18(31-2)12-9-16/h4-13,15H,3,14H2,1-2H3,(H,27,29). The molecule has 2 heterocycles. The van der Waals surface area contributed by atoms with Crippen LogP contribution in [0.4, 0.5) is 5.82 Å². The molecule has 0 atom stereocenters. The summed E-state index contributed by atoms with van der Waals surface area (Å²) in [5, 5.41) is 8.08. The van der Waals surface area contributed by atoms with Crippen molar-refractivity contribution in [2.45, 2.75) is 13.3 Å². The number of nitrogens with zero attached hydrogens (tertiary/aromatic N) is 3. The van der Waals surface area contributed by atoms with Crippen LogP contribution in [0.25, 0.3) is 16.7 Å². The Hall–Kier alpha value is -4.20. The second-order valence-corrected chi connectivity index (χ2v) is 6.97. The van der Waals surface area contributed by atoms with Crippen molar-refractivity contribution < 1.29 is 19.1 Å². The van der Waals surface area contributed by atoms with Crippen LogP contribution in [0.5, 0.6) is 5.75 Å². The van der Waals surface area contributed by atoms with E-state index in [1.807, 2.05) is 42.5 Å². The third-order valence-electron chi connectivity index (χ3n) is 4.85.